The van der Waals surface area contributed by atoms with Crippen molar-refractivity contribution in [2.45, 2.75) is 36.8 Å². The van der Waals surface area contributed by atoms with Crippen LogP contribution >= 0.6 is 23.1 Å². The van der Waals surface area contributed by atoms with E-state index in [0.717, 1.165) is 32.4 Å². The van der Waals surface area contributed by atoms with Crippen LogP contribution in [0.25, 0.3) is 11.3 Å². The molecule has 9 heteroatoms. The summed E-state index contributed by atoms with van der Waals surface area (Å²) < 4.78 is 19.2. The molecule has 0 spiro atoms. The van der Waals surface area contributed by atoms with Gasteiger partial charge in [-0.2, -0.15) is 4.98 Å². The Morgan fingerprint density at radius 3 is 2.78 bits per heavy atom. The van der Waals surface area contributed by atoms with Gasteiger partial charge in [0.2, 0.25) is 11.8 Å². The van der Waals surface area contributed by atoms with Crippen molar-refractivity contribution in [2.75, 3.05) is 5.32 Å². The van der Waals surface area contributed by atoms with Crippen LogP contribution in [0.1, 0.15) is 29.3 Å². The molecule has 32 heavy (non-hydrogen) atoms. The summed E-state index contributed by atoms with van der Waals surface area (Å²) in [5.41, 5.74) is 4.61. The Kier molecular flexibility index (Phi) is 6.96. The zero-order chi connectivity index (χ0) is 22.5. The maximum Gasteiger partial charge on any atom is 0.227 e. The summed E-state index contributed by atoms with van der Waals surface area (Å²) in [7, 11) is 0. The van der Waals surface area contributed by atoms with Crippen LogP contribution in [0, 0.1) is 19.7 Å². The zero-order valence-electron chi connectivity index (χ0n) is 17.6. The van der Waals surface area contributed by atoms with Crippen LogP contribution in [0.2, 0.25) is 0 Å². The molecule has 0 fully saturated rings. The number of benzene rings is 2. The molecular weight excluding hydrogens is 447 g/mol. The van der Waals surface area contributed by atoms with E-state index < -0.39 is 0 Å². The molecular formula is C23H21FN4O2S2. The maximum absolute atomic E-state index is 13.1. The highest BCUT2D eigenvalue weighted by Gasteiger charge is 2.12. The summed E-state index contributed by atoms with van der Waals surface area (Å²) in [6.07, 6.45) is 0.635. The molecule has 1 amide bonds. The normalized spacial score (nSPS) is 11.0. The lowest BCUT2D eigenvalue weighted by Gasteiger charge is -2.08. The summed E-state index contributed by atoms with van der Waals surface area (Å²) in [5.74, 6) is 1.13. The second-order valence-electron chi connectivity index (χ2n) is 7.27. The number of aromatic nitrogens is 3. The Bertz CT molecular complexity index is 1220. The molecule has 4 rings (SSSR count). The third kappa shape index (κ3) is 5.80. The second-order valence-corrected chi connectivity index (χ2v) is 9.35. The number of hydrogen-bond donors (Lipinski definition) is 1. The molecule has 0 aliphatic heterocycles. The van der Waals surface area contributed by atoms with Gasteiger partial charge in [-0.05, 0) is 55.3 Å². The molecule has 0 bridgehead atoms. The number of halogens is 1. The van der Waals surface area contributed by atoms with Crippen molar-refractivity contribution in [3.63, 3.8) is 0 Å². The molecule has 0 saturated carbocycles. The summed E-state index contributed by atoms with van der Waals surface area (Å²) >= 11 is 3.01. The van der Waals surface area contributed by atoms with Gasteiger partial charge in [0.1, 0.15) is 5.82 Å². The van der Waals surface area contributed by atoms with E-state index >= 15 is 0 Å². The van der Waals surface area contributed by atoms with Crippen LogP contribution in [-0.4, -0.2) is 21.0 Å². The fourth-order valence-corrected chi connectivity index (χ4v) is 4.64. The van der Waals surface area contributed by atoms with E-state index in [2.05, 4.69) is 20.4 Å². The lowest BCUT2D eigenvalue weighted by Crippen LogP contribution is -2.13. The number of aryl methyl sites for hydroxylation is 3. The lowest BCUT2D eigenvalue weighted by atomic mass is 10.1. The minimum atomic E-state index is -0.269. The van der Waals surface area contributed by atoms with Gasteiger partial charge in [-0.3, -0.25) is 4.79 Å². The first-order valence-corrected chi connectivity index (χ1v) is 11.9. The fraction of sp³-hybridized carbons (Fsp3) is 0.217. The van der Waals surface area contributed by atoms with Gasteiger partial charge in [0, 0.05) is 29.5 Å². The fourth-order valence-electron chi connectivity index (χ4n) is 2.96. The van der Waals surface area contributed by atoms with E-state index in [-0.39, 0.29) is 18.1 Å². The smallest absolute Gasteiger partial charge is 0.227 e. The number of anilines is 1. The predicted octanol–water partition coefficient (Wildman–Crippen LogP) is 5.81. The van der Waals surface area contributed by atoms with E-state index in [1.54, 1.807) is 12.1 Å². The first kappa shape index (κ1) is 22.2. The first-order valence-electron chi connectivity index (χ1n) is 9.99. The molecule has 4 aromatic rings. The summed E-state index contributed by atoms with van der Waals surface area (Å²) in [4.78, 5) is 21.2. The van der Waals surface area contributed by atoms with Gasteiger partial charge < -0.3 is 9.84 Å². The number of rotatable bonds is 8. The molecule has 0 atom stereocenters. The van der Waals surface area contributed by atoms with Crippen LogP contribution in [0.4, 0.5) is 10.1 Å². The molecule has 0 saturated heterocycles. The van der Waals surface area contributed by atoms with E-state index in [1.807, 2.05) is 37.4 Å². The van der Waals surface area contributed by atoms with Crippen molar-refractivity contribution in [1.82, 2.24) is 15.1 Å². The molecule has 0 aliphatic rings. The van der Waals surface area contributed by atoms with Crippen molar-refractivity contribution in [3.8, 4) is 11.3 Å². The van der Waals surface area contributed by atoms with Crippen molar-refractivity contribution in [2.24, 2.45) is 0 Å². The van der Waals surface area contributed by atoms with Gasteiger partial charge in [-0.15, -0.1) is 11.3 Å². The number of nitrogens with one attached hydrogen (secondary N) is 1. The third-order valence-corrected chi connectivity index (χ3v) is 6.71. The largest absolute Gasteiger partial charge is 0.339 e. The van der Waals surface area contributed by atoms with Crippen LogP contribution in [0.15, 0.2) is 56.7 Å². The van der Waals surface area contributed by atoms with Gasteiger partial charge in [0.25, 0.3) is 0 Å². The number of thiazole rings is 1. The zero-order valence-corrected chi connectivity index (χ0v) is 19.2. The standard InChI is InChI=1S/C23H21FN4O2S2/c1-14-3-4-15(2)18(11-14)25-21(29)9-10-22-27-20(28-30-22)13-32-23-26-19(12-31-23)16-5-7-17(24)8-6-16/h3-8,11-12H,9-10,13H2,1-2H3,(H,25,29). The molecule has 2 aromatic carbocycles. The molecule has 2 aromatic heterocycles. The number of amides is 1. The predicted molar refractivity (Wildman–Crippen MR) is 124 cm³/mol. The van der Waals surface area contributed by atoms with Crippen molar-refractivity contribution < 1.29 is 13.7 Å². The highest BCUT2D eigenvalue weighted by atomic mass is 32.2. The SMILES string of the molecule is Cc1ccc(C)c(NC(=O)CCc2nc(CSc3nc(-c4ccc(F)cc4)cs3)no2)c1. The molecule has 164 valence electrons. The van der Waals surface area contributed by atoms with E-state index in [0.29, 0.717) is 23.9 Å². The monoisotopic (exact) mass is 468 g/mol. The second kappa shape index (κ2) is 10.1. The van der Waals surface area contributed by atoms with Gasteiger partial charge in [-0.25, -0.2) is 9.37 Å². The summed E-state index contributed by atoms with van der Waals surface area (Å²) in [6.45, 7) is 3.95. The Labute approximate surface area is 193 Å². The summed E-state index contributed by atoms with van der Waals surface area (Å²) in [6, 6.07) is 12.2. The number of carbonyl (C=O) groups is 1. The van der Waals surface area contributed by atoms with E-state index in [4.69, 9.17) is 4.52 Å². The first-order chi connectivity index (χ1) is 15.5. The third-order valence-electron chi connectivity index (χ3n) is 4.69. The van der Waals surface area contributed by atoms with Crippen LogP contribution in [0.5, 0.6) is 0 Å². The Hall–Kier alpha value is -3.04. The minimum absolute atomic E-state index is 0.0936. The van der Waals surface area contributed by atoms with Gasteiger partial charge in [0.15, 0.2) is 10.2 Å². The molecule has 0 aliphatic carbocycles. The molecule has 0 radical (unpaired) electrons. The van der Waals surface area contributed by atoms with Gasteiger partial charge >= 0.3 is 0 Å². The average molecular weight is 469 g/mol. The summed E-state index contributed by atoms with van der Waals surface area (Å²) in [5, 5.41) is 8.86. The van der Waals surface area contributed by atoms with Crippen LogP contribution < -0.4 is 5.32 Å². The molecule has 1 N–H and O–H groups in total. The van der Waals surface area contributed by atoms with Crippen LogP contribution in [0.3, 0.4) is 0 Å². The number of thioether (sulfide) groups is 1. The highest BCUT2D eigenvalue weighted by molar-refractivity contribution is 8.00. The average Bonchev–Trinajstić information content (AvgIpc) is 3.43. The van der Waals surface area contributed by atoms with Crippen molar-refractivity contribution in [3.05, 3.63) is 76.5 Å². The molecule has 0 unspecified atom stereocenters. The molecule has 6 nitrogen and oxygen atoms in total. The molecule has 2 heterocycles. The highest BCUT2D eigenvalue weighted by Crippen LogP contribution is 2.30. The van der Waals surface area contributed by atoms with E-state index in [1.165, 1.54) is 35.2 Å². The maximum atomic E-state index is 13.1. The Morgan fingerprint density at radius 2 is 1.97 bits per heavy atom. The van der Waals surface area contributed by atoms with Gasteiger partial charge in [-0.1, -0.05) is 29.1 Å². The Morgan fingerprint density at radius 1 is 1.16 bits per heavy atom. The number of carbonyl (C=O) groups excluding carboxylic acids is 1. The van der Waals surface area contributed by atoms with Crippen molar-refractivity contribution >= 4 is 34.7 Å². The van der Waals surface area contributed by atoms with Gasteiger partial charge in [0.05, 0.1) is 11.4 Å². The number of hydrogen-bond acceptors (Lipinski definition) is 7. The quantitative estimate of drug-likeness (QED) is 0.329. The minimum Gasteiger partial charge on any atom is -0.339 e. The Balaban J connectivity index is 1.26. The van der Waals surface area contributed by atoms with Crippen LogP contribution in [-0.2, 0) is 17.0 Å². The lowest BCUT2D eigenvalue weighted by molar-refractivity contribution is -0.116. The van der Waals surface area contributed by atoms with Crippen molar-refractivity contribution in [1.29, 1.82) is 0 Å². The van der Waals surface area contributed by atoms with E-state index in [9.17, 15) is 9.18 Å². The number of nitrogens with zero attached hydrogens (tertiary/aromatic N) is 3. The topological polar surface area (TPSA) is 80.9 Å².